The molecule has 0 saturated carbocycles. The van der Waals surface area contributed by atoms with Gasteiger partial charge in [-0.25, -0.2) is 4.79 Å². The number of amides is 2. The Balaban J connectivity index is 1.74. The zero-order valence-corrected chi connectivity index (χ0v) is 16.6. The summed E-state index contributed by atoms with van der Waals surface area (Å²) in [4.78, 5) is 51.4. The molecule has 0 aromatic heterocycles. The number of halogens is 1. The number of nitrogens with zero attached hydrogens (tertiary/aromatic N) is 1. The van der Waals surface area contributed by atoms with Crippen molar-refractivity contribution in [2.75, 3.05) is 6.61 Å². The first-order chi connectivity index (χ1) is 13.9. The number of imide groups is 1. The molecule has 1 atom stereocenters. The second-order valence-corrected chi connectivity index (χ2v) is 7.16. The number of ketones is 1. The molecule has 7 heteroatoms. The topological polar surface area (TPSA) is 80.8 Å². The third kappa shape index (κ3) is 4.38. The van der Waals surface area contributed by atoms with Crippen molar-refractivity contribution in [1.82, 2.24) is 4.90 Å². The van der Waals surface area contributed by atoms with Gasteiger partial charge in [0.2, 0.25) is 0 Å². The first-order valence-electron chi connectivity index (χ1n) is 9.36. The number of hydrogen-bond donors (Lipinski definition) is 0. The van der Waals surface area contributed by atoms with Gasteiger partial charge >= 0.3 is 5.97 Å². The molecule has 0 N–H and O–H groups in total. The van der Waals surface area contributed by atoms with E-state index in [2.05, 4.69) is 0 Å². The van der Waals surface area contributed by atoms with Gasteiger partial charge in [0.15, 0.2) is 12.4 Å². The molecule has 1 heterocycles. The van der Waals surface area contributed by atoms with E-state index in [1.54, 1.807) is 36.4 Å². The maximum atomic E-state index is 12.7. The fourth-order valence-corrected chi connectivity index (χ4v) is 3.32. The van der Waals surface area contributed by atoms with E-state index in [0.29, 0.717) is 17.0 Å². The normalized spacial score (nSPS) is 13.9. The third-order valence-electron chi connectivity index (χ3n) is 4.75. The summed E-state index contributed by atoms with van der Waals surface area (Å²) in [6.45, 7) is 1.46. The minimum Gasteiger partial charge on any atom is -0.456 e. The quantitative estimate of drug-likeness (QED) is 0.372. The smallest absolute Gasteiger partial charge is 0.329 e. The molecule has 0 bridgehead atoms. The van der Waals surface area contributed by atoms with E-state index < -0.39 is 36.2 Å². The van der Waals surface area contributed by atoms with Crippen molar-refractivity contribution in [2.24, 2.45) is 0 Å². The number of hydrogen-bond acceptors (Lipinski definition) is 5. The molecule has 3 rings (SSSR count). The molecule has 0 unspecified atom stereocenters. The molecule has 1 aliphatic rings. The van der Waals surface area contributed by atoms with E-state index in [1.807, 2.05) is 6.92 Å². The van der Waals surface area contributed by atoms with Gasteiger partial charge in [-0.2, -0.15) is 0 Å². The fraction of sp³-hybridized carbons (Fsp3) is 0.273. The second-order valence-electron chi connectivity index (χ2n) is 6.72. The van der Waals surface area contributed by atoms with Crippen LogP contribution in [0.25, 0.3) is 0 Å². The molecule has 0 spiro atoms. The largest absolute Gasteiger partial charge is 0.456 e. The highest BCUT2D eigenvalue weighted by Crippen LogP contribution is 2.27. The lowest BCUT2D eigenvalue weighted by molar-refractivity contribution is -0.147. The van der Waals surface area contributed by atoms with Crippen LogP contribution in [-0.4, -0.2) is 41.1 Å². The van der Waals surface area contributed by atoms with Gasteiger partial charge in [0, 0.05) is 10.6 Å². The van der Waals surface area contributed by atoms with Crippen LogP contribution in [0.5, 0.6) is 0 Å². The first-order valence-corrected chi connectivity index (χ1v) is 9.74. The SMILES string of the molecule is CCCC[C@@H](C(=O)OCC(=O)c1ccc(Cl)cc1)N1C(=O)c2ccccc2C1=O. The summed E-state index contributed by atoms with van der Waals surface area (Å²) in [5.41, 5.74) is 0.890. The van der Waals surface area contributed by atoms with E-state index >= 15 is 0 Å². The van der Waals surface area contributed by atoms with Crippen LogP contribution in [0.3, 0.4) is 0 Å². The van der Waals surface area contributed by atoms with Crippen LogP contribution in [0.1, 0.15) is 57.3 Å². The zero-order chi connectivity index (χ0) is 21.0. The molecule has 2 amide bonds. The van der Waals surface area contributed by atoms with Crippen molar-refractivity contribution in [3.05, 3.63) is 70.2 Å². The van der Waals surface area contributed by atoms with Crippen LogP contribution in [0.15, 0.2) is 48.5 Å². The number of fused-ring (bicyclic) bond motifs is 1. The van der Waals surface area contributed by atoms with Gasteiger partial charge in [-0.1, -0.05) is 43.5 Å². The Kier molecular flexibility index (Phi) is 6.44. The summed E-state index contributed by atoms with van der Waals surface area (Å²) >= 11 is 5.81. The molecule has 2 aromatic carbocycles. The van der Waals surface area contributed by atoms with E-state index in [1.165, 1.54) is 12.1 Å². The van der Waals surface area contributed by atoms with Gasteiger partial charge < -0.3 is 4.74 Å². The molecule has 0 saturated heterocycles. The Labute approximate surface area is 173 Å². The van der Waals surface area contributed by atoms with Crippen molar-refractivity contribution in [3.8, 4) is 0 Å². The Bertz CT molecular complexity index is 919. The number of Topliss-reactive ketones (excluding diaryl/α,β-unsaturated/α-hetero) is 1. The van der Waals surface area contributed by atoms with Crippen LogP contribution in [-0.2, 0) is 9.53 Å². The highest BCUT2D eigenvalue weighted by Gasteiger charge is 2.43. The number of carbonyl (C=O) groups excluding carboxylic acids is 4. The van der Waals surface area contributed by atoms with E-state index in [-0.39, 0.29) is 17.5 Å². The molecule has 1 aliphatic heterocycles. The van der Waals surface area contributed by atoms with Crippen LogP contribution in [0.4, 0.5) is 0 Å². The monoisotopic (exact) mass is 413 g/mol. The molecule has 0 fully saturated rings. The summed E-state index contributed by atoms with van der Waals surface area (Å²) in [6, 6.07) is 11.6. The Hall–Kier alpha value is -2.99. The van der Waals surface area contributed by atoms with Crippen molar-refractivity contribution in [2.45, 2.75) is 32.2 Å². The summed E-state index contributed by atoms with van der Waals surface area (Å²) in [5.74, 6) is -2.21. The Morgan fingerprint density at radius 3 is 2.14 bits per heavy atom. The van der Waals surface area contributed by atoms with Crippen LogP contribution in [0.2, 0.25) is 5.02 Å². The lowest BCUT2D eigenvalue weighted by Crippen LogP contribution is -2.46. The zero-order valence-electron chi connectivity index (χ0n) is 15.9. The highest BCUT2D eigenvalue weighted by atomic mass is 35.5. The van der Waals surface area contributed by atoms with Crippen LogP contribution in [0, 0.1) is 0 Å². The van der Waals surface area contributed by atoms with Gasteiger partial charge in [-0.05, 0) is 42.8 Å². The molecule has 150 valence electrons. The van der Waals surface area contributed by atoms with Crippen LogP contribution < -0.4 is 0 Å². The fourth-order valence-electron chi connectivity index (χ4n) is 3.19. The molecule has 6 nitrogen and oxygen atoms in total. The summed E-state index contributed by atoms with van der Waals surface area (Å²) in [6.07, 6.45) is 1.67. The van der Waals surface area contributed by atoms with Crippen LogP contribution >= 0.6 is 11.6 Å². The minimum atomic E-state index is -1.07. The average molecular weight is 414 g/mol. The van der Waals surface area contributed by atoms with Crippen molar-refractivity contribution < 1.29 is 23.9 Å². The maximum absolute atomic E-state index is 12.7. The Morgan fingerprint density at radius 1 is 1.00 bits per heavy atom. The van der Waals surface area contributed by atoms with E-state index in [4.69, 9.17) is 16.3 Å². The number of rotatable bonds is 8. The van der Waals surface area contributed by atoms with Gasteiger partial charge in [0.1, 0.15) is 6.04 Å². The lowest BCUT2D eigenvalue weighted by Gasteiger charge is -2.24. The summed E-state index contributed by atoms with van der Waals surface area (Å²) in [5, 5.41) is 0.490. The van der Waals surface area contributed by atoms with E-state index in [0.717, 1.165) is 11.3 Å². The molecular weight excluding hydrogens is 394 g/mol. The Morgan fingerprint density at radius 2 is 1.59 bits per heavy atom. The van der Waals surface area contributed by atoms with Gasteiger partial charge in [0.05, 0.1) is 11.1 Å². The number of carbonyl (C=O) groups is 4. The maximum Gasteiger partial charge on any atom is 0.329 e. The standard InChI is InChI=1S/C22H20ClNO5/c1-2-3-8-18(24-20(26)16-6-4-5-7-17(16)21(24)27)22(28)29-13-19(25)14-9-11-15(23)12-10-14/h4-7,9-12,18H,2-3,8,13H2,1H3/t18-/m0/s1. The second kappa shape index (κ2) is 9.01. The van der Waals surface area contributed by atoms with Crippen molar-refractivity contribution >= 4 is 35.2 Å². The molecule has 29 heavy (non-hydrogen) atoms. The molecule has 0 radical (unpaired) electrons. The van der Waals surface area contributed by atoms with Crippen molar-refractivity contribution in [3.63, 3.8) is 0 Å². The number of ether oxygens (including phenoxy) is 1. The molecular formula is C22H20ClNO5. The predicted molar refractivity (Wildman–Crippen MR) is 107 cm³/mol. The minimum absolute atomic E-state index is 0.268. The van der Waals surface area contributed by atoms with Gasteiger partial charge in [-0.3, -0.25) is 19.3 Å². The molecule has 2 aromatic rings. The molecule has 0 aliphatic carbocycles. The summed E-state index contributed by atoms with van der Waals surface area (Å²) in [7, 11) is 0. The van der Waals surface area contributed by atoms with Crippen molar-refractivity contribution in [1.29, 1.82) is 0 Å². The van der Waals surface area contributed by atoms with E-state index in [9.17, 15) is 19.2 Å². The average Bonchev–Trinajstić information content (AvgIpc) is 2.98. The lowest BCUT2D eigenvalue weighted by atomic mass is 10.1. The summed E-state index contributed by atoms with van der Waals surface area (Å²) < 4.78 is 5.19. The number of unbranched alkanes of at least 4 members (excludes halogenated alkanes) is 1. The first kappa shape index (κ1) is 20.7. The third-order valence-corrected chi connectivity index (χ3v) is 5.00. The number of benzene rings is 2. The van der Waals surface area contributed by atoms with Gasteiger partial charge in [0.25, 0.3) is 11.8 Å². The number of esters is 1. The highest BCUT2D eigenvalue weighted by molar-refractivity contribution is 6.30. The predicted octanol–water partition coefficient (Wildman–Crippen LogP) is 3.92. The van der Waals surface area contributed by atoms with Gasteiger partial charge in [-0.15, -0.1) is 0 Å².